The van der Waals surface area contributed by atoms with Gasteiger partial charge in [-0.2, -0.15) is 0 Å². The molecule has 0 unspecified atom stereocenters. The third kappa shape index (κ3) is 2.78. The van der Waals surface area contributed by atoms with Gasteiger partial charge in [0.1, 0.15) is 5.82 Å². The van der Waals surface area contributed by atoms with E-state index in [2.05, 4.69) is 0 Å². The van der Waals surface area contributed by atoms with Gasteiger partial charge in [0.15, 0.2) is 0 Å². The number of hydrogen-bond donors (Lipinski definition) is 0. The van der Waals surface area contributed by atoms with Crippen molar-refractivity contribution in [1.29, 1.82) is 0 Å². The number of carbonyl (C=O) groups is 1. The van der Waals surface area contributed by atoms with E-state index < -0.39 is 0 Å². The number of nitrogens with zero attached hydrogens (tertiary/aromatic N) is 1. The molecular weight excluding hydrogens is 241 g/mol. The van der Waals surface area contributed by atoms with E-state index in [4.69, 9.17) is 11.6 Å². The highest BCUT2D eigenvalue weighted by molar-refractivity contribution is 6.18. The molecular formula is C13H15ClFNO. The summed E-state index contributed by atoms with van der Waals surface area (Å²) in [6, 6.07) is 4.91. The summed E-state index contributed by atoms with van der Waals surface area (Å²) in [6.45, 7) is 2.21. The Morgan fingerprint density at radius 1 is 1.53 bits per heavy atom. The second-order valence-corrected chi connectivity index (χ2v) is 4.76. The van der Waals surface area contributed by atoms with Crippen molar-refractivity contribution in [3.05, 3.63) is 35.1 Å². The summed E-state index contributed by atoms with van der Waals surface area (Å²) in [7, 11) is 0. The SMILES string of the molecule is Cc1ccc(C(=O)N(CCCl)C2CC2)cc1F. The molecule has 0 N–H and O–H groups in total. The fraction of sp³-hybridized carbons (Fsp3) is 0.462. The van der Waals surface area contributed by atoms with E-state index in [1.807, 2.05) is 0 Å². The number of benzene rings is 1. The topological polar surface area (TPSA) is 20.3 Å². The lowest BCUT2D eigenvalue weighted by molar-refractivity contribution is 0.0753. The predicted molar refractivity (Wildman–Crippen MR) is 65.9 cm³/mol. The zero-order valence-corrected chi connectivity index (χ0v) is 10.5. The summed E-state index contributed by atoms with van der Waals surface area (Å²) in [5, 5.41) is 0. The summed E-state index contributed by atoms with van der Waals surface area (Å²) in [5.41, 5.74) is 0.960. The Kier molecular flexibility index (Phi) is 3.67. The number of amides is 1. The minimum atomic E-state index is -0.336. The number of halogens is 2. The van der Waals surface area contributed by atoms with Crippen molar-refractivity contribution in [3.63, 3.8) is 0 Å². The first-order valence-corrected chi connectivity index (χ1v) is 6.30. The fourth-order valence-electron chi connectivity index (χ4n) is 1.82. The molecule has 0 spiro atoms. The summed E-state index contributed by atoms with van der Waals surface area (Å²) in [6.07, 6.45) is 2.05. The second kappa shape index (κ2) is 5.05. The predicted octanol–water partition coefficient (Wildman–Crippen LogP) is 2.98. The van der Waals surface area contributed by atoms with Gasteiger partial charge in [0.05, 0.1) is 0 Å². The molecule has 1 aromatic carbocycles. The minimum absolute atomic E-state index is 0.118. The molecule has 92 valence electrons. The standard InChI is InChI=1S/C13H15ClFNO/c1-9-2-3-10(8-12(9)15)13(17)16(7-6-14)11-4-5-11/h2-3,8,11H,4-7H2,1H3. The largest absolute Gasteiger partial charge is 0.334 e. The normalized spacial score (nSPS) is 14.8. The van der Waals surface area contributed by atoms with Crippen molar-refractivity contribution in [3.8, 4) is 0 Å². The van der Waals surface area contributed by atoms with E-state index in [1.54, 1.807) is 24.0 Å². The smallest absolute Gasteiger partial charge is 0.254 e. The Hall–Kier alpha value is -1.09. The van der Waals surface area contributed by atoms with E-state index in [0.29, 0.717) is 29.6 Å². The van der Waals surface area contributed by atoms with E-state index in [-0.39, 0.29) is 11.7 Å². The highest BCUT2D eigenvalue weighted by atomic mass is 35.5. The van der Waals surface area contributed by atoms with Crippen LogP contribution in [0.1, 0.15) is 28.8 Å². The maximum Gasteiger partial charge on any atom is 0.254 e. The van der Waals surface area contributed by atoms with Crippen LogP contribution in [0.2, 0.25) is 0 Å². The molecule has 1 aliphatic carbocycles. The van der Waals surface area contributed by atoms with Crippen molar-refractivity contribution in [2.75, 3.05) is 12.4 Å². The minimum Gasteiger partial charge on any atom is -0.334 e. The number of aryl methyl sites for hydroxylation is 1. The first-order chi connectivity index (χ1) is 8.13. The van der Waals surface area contributed by atoms with Gasteiger partial charge in [-0.15, -0.1) is 11.6 Å². The van der Waals surface area contributed by atoms with Crippen molar-refractivity contribution in [2.45, 2.75) is 25.8 Å². The summed E-state index contributed by atoms with van der Waals surface area (Å²) >= 11 is 5.69. The average Bonchev–Trinajstić information content (AvgIpc) is 3.13. The molecule has 17 heavy (non-hydrogen) atoms. The average molecular weight is 256 g/mol. The molecule has 0 aliphatic heterocycles. The van der Waals surface area contributed by atoms with Crippen LogP contribution in [0.15, 0.2) is 18.2 Å². The van der Waals surface area contributed by atoms with Crippen LogP contribution in [0.25, 0.3) is 0 Å². The van der Waals surface area contributed by atoms with Gasteiger partial charge in [-0.3, -0.25) is 4.79 Å². The van der Waals surface area contributed by atoms with E-state index >= 15 is 0 Å². The first-order valence-electron chi connectivity index (χ1n) is 5.76. The van der Waals surface area contributed by atoms with Crippen LogP contribution in [0.4, 0.5) is 4.39 Å². The Bertz CT molecular complexity index is 431. The number of hydrogen-bond acceptors (Lipinski definition) is 1. The number of alkyl halides is 1. The molecule has 4 heteroatoms. The van der Waals surface area contributed by atoms with Gasteiger partial charge in [-0.05, 0) is 37.5 Å². The molecule has 1 saturated carbocycles. The fourth-order valence-corrected chi connectivity index (χ4v) is 2.00. The van der Waals surface area contributed by atoms with E-state index in [9.17, 15) is 9.18 Å². The van der Waals surface area contributed by atoms with Crippen LogP contribution in [0.5, 0.6) is 0 Å². The van der Waals surface area contributed by atoms with Crippen molar-refractivity contribution < 1.29 is 9.18 Å². The van der Waals surface area contributed by atoms with Gasteiger partial charge >= 0.3 is 0 Å². The first kappa shape index (κ1) is 12.4. The van der Waals surface area contributed by atoms with E-state index in [0.717, 1.165) is 12.8 Å². The molecule has 1 aliphatic rings. The maximum absolute atomic E-state index is 13.4. The van der Waals surface area contributed by atoms with Gasteiger partial charge in [-0.1, -0.05) is 6.07 Å². The Balaban J connectivity index is 2.19. The van der Waals surface area contributed by atoms with Gasteiger partial charge in [0.2, 0.25) is 0 Å². The van der Waals surface area contributed by atoms with Gasteiger partial charge in [0, 0.05) is 24.0 Å². The monoisotopic (exact) mass is 255 g/mol. The van der Waals surface area contributed by atoms with Crippen molar-refractivity contribution >= 4 is 17.5 Å². The molecule has 0 aromatic heterocycles. The van der Waals surface area contributed by atoms with Gasteiger partial charge in [-0.25, -0.2) is 4.39 Å². The summed E-state index contributed by atoms with van der Waals surface area (Å²) in [4.78, 5) is 13.9. The molecule has 1 aromatic rings. The molecule has 1 amide bonds. The zero-order chi connectivity index (χ0) is 12.4. The van der Waals surface area contributed by atoms with Gasteiger partial charge < -0.3 is 4.90 Å². The Labute approximate surface area is 105 Å². The van der Waals surface area contributed by atoms with Crippen molar-refractivity contribution in [2.24, 2.45) is 0 Å². The second-order valence-electron chi connectivity index (χ2n) is 4.38. The van der Waals surface area contributed by atoms with Crippen LogP contribution < -0.4 is 0 Å². The van der Waals surface area contributed by atoms with E-state index in [1.165, 1.54) is 6.07 Å². The van der Waals surface area contributed by atoms with Crippen LogP contribution in [-0.2, 0) is 0 Å². The Morgan fingerprint density at radius 3 is 2.76 bits per heavy atom. The van der Waals surface area contributed by atoms with Crippen molar-refractivity contribution in [1.82, 2.24) is 4.90 Å². The molecule has 0 saturated heterocycles. The molecule has 0 radical (unpaired) electrons. The number of carbonyl (C=O) groups excluding carboxylic acids is 1. The molecule has 1 fully saturated rings. The van der Waals surface area contributed by atoms with Crippen LogP contribution in [-0.4, -0.2) is 29.3 Å². The molecule has 0 bridgehead atoms. The quantitative estimate of drug-likeness (QED) is 0.758. The third-order valence-corrected chi connectivity index (χ3v) is 3.16. The third-order valence-electron chi connectivity index (χ3n) is 2.99. The van der Waals surface area contributed by atoms with Gasteiger partial charge in [0.25, 0.3) is 5.91 Å². The summed E-state index contributed by atoms with van der Waals surface area (Å²) < 4.78 is 13.4. The molecule has 0 atom stereocenters. The molecule has 0 heterocycles. The zero-order valence-electron chi connectivity index (χ0n) is 9.75. The molecule has 2 nitrogen and oxygen atoms in total. The van der Waals surface area contributed by atoms with Crippen LogP contribution in [0, 0.1) is 12.7 Å². The van der Waals surface area contributed by atoms with Crippen LogP contribution in [0.3, 0.4) is 0 Å². The lowest BCUT2D eigenvalue weighted by Crippen LogP contribution is -2.34. The maximum atomic E-state index is 13.4. The Morgan fingerprint density at radius 2 is 2.24 bits per heavy atom. The lowest BCUT2D eigenvalue weighted by Gasteiger charge is -2.21. The lowest BCUT2D eigenvalue weighted by atomic mass is 10.1. The number of rotatable bonds is 4. The van der Waals surface area contributed by atoms with Crippen LogP contribution >= 0.6 is 11.6 Å². The summed E-state index contributed by atoms with van der Waals surface area (Å²) in [5.74, 6) is -0.0409. The highest BCUT2D eigenvalue weighted by Gasteiger charge is 2.32. The molecule has 2 rings (SSSR count). The highest BCUT2D eigenvalue weighted by Crippen LogP contribution is 2.28.